The molecule has 2 aromatic rings. The number of aromatic nitrogens is 1. The molecule has 3 rings (SSSR count). The Morgan fingerprint density at radius 2 is 1.70 bits per heavy atom. The van der Waals surface area contributed by atoms with Crippen LogP contribution < -0.4 is 0 Å². The summed E-state index contributed by atoms with van der Waals surface area (Å²) >= 11 is 1.83. The zero-order valence-electron chi connectivity index (χ0n) is 19.5. The smallest absolute Gasteiger partial charge is 0.475 e. The molecule has 0 unspecified atom stereocenters. The van der Waals surface area contributed by atoms with Crippen LogP contribution in [0.5, 0.6) is 0 Å². The van der Waals surface area contributed by atoms with Crippen molar-refractivity contribution < 1.29 is 55.6 Å². The third kappa shape index (κ3) is 12.9. The fourth-order valence-corrected chi connectivity index (χ4v) is 3.91. The van der Waals surface area contributed by atoms with Gasteiger partial charge in [0.15, 0.2) is 0 Å². The minimum atomic E-state index is -5.08. The molecule has 1 aliphatic heterocycles. The summed E-state index contributed by atoms with van der Waals surface area (Å²) in [4.78, 5) is 26.0. The van der Waals surface area contributed by atoms with E-state index in [0.717, 1.165) is 25.9 Å². The molecule has 15 heteroatoms. The quantitative estimate of drug-likeness (QED) is 0.364. The maximum atomic E-state index is 10.6. The maximum absolute atomic E-state index is 10.6. The van der Waals surface area contributed by atoms with Crippen LogP contribution in [0, 0.1) is 0 Å². The van der Waals surface area contributed by atoms with Crippen LogP contribution in [0.3, 0.4) is 0 Å². The Hall–Kier alpha value is -2.75. The number of methoxy groups -OCH3 is 1. The summed E-state index contributed by atoms with van der Waals surface area (Å²) < 4.78 is 74.7. The summed E-state index contributed by atoms with van der Waals surface area (Å²) in [5.74, 6) is -5.51. The van der Waals surface area contributed by atoms with E-state index in [2.05, 4.69) is 33.5 Å². The number of carboxylic acid groups (broad SMARTS) is 2. The maximum Gasteiger partial charge on any atom is 0.490 e. The van der Waals surface area contributed by atoms with Crippen LogP contribution in [-0.4, -0.2) is 83.4 Å². The topological polar surface area (TPSA) is 109 Å². The Balaban J connectivity index is 0.000000404. The van der Waals surface area contributed by atoms with E-state index in [4.69, 9.17) is 29.3 Å². The van der Waals surface area contributed by atoms with Crippen LogP contribution in [0.15, 0.2) is 42.0 Å². The molecule has 0 aromatic carbocycles. The number of carbonyl (C=O) groups is 2. The Kier molecular flexibility index (Phi) is 13.5. The lowest BCUT2D eigenvalue weighted by molar-refractivity contribution is -0.193. The predicted octanol–water partition coefficient (Wildman–Crippen LogP) is 4.26. The first-order valence-electron chi connectivity index (χ1n) is 10.6. The van der Waals surface area contributed by atoms with Crippen molar-refractivity contribution in [2.24, 2.45) is 0 Å². The second-order valence-electron chi connectivity index (χ2n) is 7.48. The molecule has 0 aliphatic carbocycles. The van der Waals surface area contributed by atoms with Gasteiger partial charge in [0.1, 0.15) is 0 Å². The number of halogens is 6. The molecule has 0 saturated carbocycles. The lowest BCUT2D eigenvalue weighted by Crippen LogP contribution is -2.38. The van der Waals surface area contributed by atoms with Gasteiger partial charge in [-0.25, -0.2) is 9.59 Å². The Morgan fingerprint density at radius 1 is 1.08 bits per heavy atom. The summed E-state index contributed by atoms with van der Waals surface area (Å²) in [6.45, 7) is 3.41. The van der Waals surface area contributed by atoms with Crippen LogP contribution in [0.25, 0.3) is 0 Å². The number of rotatable bonds is 8. The molecule has 2 atom stereocenters. The van der Waals surface area contributed by atoms with Gasteiger partial charge in [0, 0.05) is 43.5 Å². The molecule has 0 spiro atoms. The minimum Gasteiger partial charge on any atom is -0.475 e. The van der Waals surface area contributed by atoms with Gasteiger partial charge in [0.05, 0.1) is 19.3 Å². The van der Waals surface area contributed by atoms with Crippen molar-refractivity contribution in [1.29, 1.82) is 0 Å². The van der Waals surface area contributed by atoms with Crippen molar-refractivity contribution in [1.82, 2.24) is 9.88 Å². The van der Waals surface area contributed by atoms with Crippen LogP contribution in [-0.2, 0) is 32.0 Å². The number of carboxylic acids is 2. The Morgan fingerprint density at radius 3 is 2.16 bits per heavy atom. The van der Waals surface area contributed by atoms with E-state index in [9.17, 15) is 26.3 Å². The van der Waals surface area contributed by atoms with E-state index in [1.54, 1.807) is 7.11 Å². The summed E-state index contributed by atoms with van der Waals surface area (Å²) in [5.41, 5.74) is 1.27. The molecular formula is C22H26F6N2O6S. The lowest BCUT2D eigenvalue weighted by atomic mass is 10.0. The molecule has 1 aliphatic rings. The van der Waals surface area contributed by atoms with E-state index in [0.29, 0.717) is 19.3 Å². The van der Waals surface area contributed by atoms with Gasteiger partial charge in [-0.15, -0.1) is 11.3 Å². The molecule has 37 heavy (non-hydrogen) atoms. The number of hydrogen-bond donors (Lipinski definition) is 2. The van der Waals surface area contributed by atoms with Crippen LogP contribution >= 0.6 is 11.3 Å². The van der Waals surface area contributed by atoms with Crippen molar-refractivity contribution in [3.05, 3.63) is 52.5 Å². The molecule has 3 heterocycles. The van der Waals surface area contributed by atoms with Gasteiger partial charge in [-0.2, -0.15) is 26.3 Å². The molecular weight excluding hydrogens is 534 g/mol. The van der Waals surface area contributed by atoms with Crippen molar-refractivity contribution in [2.75, 3.05) is 26.9 Å². The average Bonchev–Trinajstić information content (AvgIpc) is 3.45. The van der Waals surface area contributed by atoms with Gasteiger partial charge in [-0.1, -0.05) is 12.1 Å². The highest BCUT2D eigenvalue weighted by molar-refractivity contribution is 7.09. The van der Waals surface area contributed by atoms with Crippen LogP contribution in [0.4, 0.5) is 26.3 Å². The van der Waals surface area contributed by atoms with E-state index >= 15 is 0 Å². The molecule has 2 aromatic heterocycles. The van der Waals surface area contributed by atoms with Gasteiger partial charge in [0.2, 0.25) is 0 Å². The minimum absolute atomic E-state index is 0.269. The Bertz CT molecular complexity index is 904. The third-order valence-corrected chi connectivity index (χ3v) is 5.67. The molecule has 1 saturated heterocycles. The summed E-state index contributed by atoms with van der Waals surface area (Å²) in [5, 5.41) is 16.4. The molecule has 0 bridgehead atoms. The summed E-state index contributed by atoms with van der Waals surface area (Å²) in [6, 6.07) is 8.90. The normalized spacial score (nSPS) is 17.8. The molecule has 2 N–H and O–H groups in total. The lowest BCUT2D eigenvalue weighted by Gasteiger charge is -2.28. The fraction of sp³-hybridized carbons (Fsp3) is 0.500. The second-order valence-corrected chi connectivity index (χ2v) is 8.51. The largest absolute Gasteiger partial charge is 0.490 e. The number of likely N-dealkylation sites (tertiary alicyclic amines) is 1. The first-order valence-corrected chi connectivity index (χ1v) is 11.5. The first-order chi connectivity index (χ1) is 17.3. The number of hydrogen-bond acceptors (Lipinski definition) is 7. The van der Waals surface area contributed by atoms with Gasteiger partial charge in [-0.05, 0) is 35.9 Å². The monoisotopic (exact) mass is 560 g/mol. The zero-order valence-corrected chi connectivity index (χ0v) is 20.4. The van der Waals surface area contributed by atoms with Gasteiger partial charge < -0.3 is 19.7 Å². The van der Waals surface area contributed by atoms with Crippen molar-refractivity contribution in [2.45, 2.75) is 43.9 Å². The number of aliphatic carboxylic acids is 2. The summed E-state index contributed by atoms with van der Waals surface area (Å²) in [7, 11) is 1.72. The highest BCUT2D eigenvalue weighted by Gasteiger charge is 2.39. The molecule has 208 valence electrons. The SMILES string of the molecule is COCCO[C@@H]1CCN(Cc2cccs2)[C@H]1Cc1cccnc1.O=C(O)C(F)(F)F.O=C(O)C(F)(F)F. The van der Waals surface area contributed by atoms with Crippen LogP contribution in [0.1, 0.15) is 16.9 Å². The molecule has 0 radical (unpaired) electrons. The number of alkyl halides is 6. The van der Waals surface area contributed by atoms with Crippen LogP contribution in [0.2, 0.25) is 0 Å². The Labute approximate surface area is 212 Å². The first kappa shape index (κ1) is 32.3. The van der Waals surface area contributed by atoms with E-state index in [-0.39, 0.29) is 6.10 Å². The molecule has 1 fully saturated rings. The van der Waals surface area contributed by atoms with Crippen molar-refractivity contribution in [3.8, 4) is 0 Å². The predicted molar refractivity (Wildman–Crippen MR) is 120 cm³/mol. The highest BCUT2D eigenvalue weighted by Crippen LogP contribution is 2.27. The summed E-state index contributed by atoms with van der Waals surface area (Å²) in [6.07, 6.45) is -4.04. The number of nitrogens with zero attached hydrogens (tertiary/aromatic N) is 2. The van der Waals surface area contributed by atoms with E-state index in [1.807, 2.05) is 29.8 Å². The van der Waals surface area contributed by atoms with Gasteiger partial charge in [-0.3, -0.25) is 9.88 Å². The van der Waals surface area contributed by atoms with E-state index in [1.165, 1.54) is 10.4 Å². The second kappa shape index (κ2) is 15.5. The highest BCUT2D eigenvalue weighted by atomic mass is 32.1. The number of thiophene rings is 1. The average molecular weight is 561 g/mol. The molecule has 8 nitrogen and oxygen atoms in total. The fourth-order valence-electron chi connectivity index (χ4n) is 3.18. The number of ether oxygens (including phenoxy) is 2. The number of pyridine rings is 1. The standard InChI is InChI=1S/C18H24N2O2S.2C2HF3O2/c1-21-9-10-22-18-6-8-20(14-16-5-3-11-23-16)17(18)12-15-4-2-7-19-13-15;2*3-2(4,5)1(6)7/h2-5,7,11,13,17-18H,6,8-10,12,14H2,1H3;2*(H,6,7)/t17-,18+;;/m0../s1. The molecule has 0 amide bonds. The zero-order chi connectivity index (χ0) is 28.1. The van der Waals surface area contributed by atoms with Gasteiger partial charge >= 0.3 is 24.3 Å². The van der Waals surface area contributed by atoms with Crippen molar-refractivity contribution in [3.63, 3.8) is 0 Å². The third-order valence-electron chi connectivity index (χ3n) is 4.81. The van der Waals surface area contributed by atoms with Gasteiger partial charge in [0.25, 0.3) is 0 Å². The van der Waals surface area contributed by atoms with Crippen molar-refractivity contribution >= 4 is 23.3 Å². The van der Waals surface area contributed by atoms with E-state index < -0.39 is 24.3 Å².